The van der Waals surface area contributed by atoms with Crippen LogP contribution in [-0.2, 0) is 12.8 Å². The monoisotopic (exact) mass is 682 g/mol. The average Bonchev–Trinajstić information content (AvgIpc) is 3.39. The normalized spacial score (nSPS) is 18.1. The maximum Gasteiger partial charge on any atom is 0.126 e. The number of benzene rings is 5. The van der Waals surface area contributed by atoms with Crippen molar-refractivity contribution in [1.29, 1.82) is 0 Å². The molecule has 4 nitrogen and oxygen atoms in total. The van der Waals surface area contributed by atoms with Crippen molar-refractivity contribution in [2.45, 2.75) is 96.5 Å². The minimum Gasteiger partial charge on any atom is -0.508 e. The van der Waals surface area contributed by atoms with Gasteiger partial charge >= 0.3 is 0 Å². The molecule has 6 rings (SSSR count). The zero-order valence-electron chi connectivity index (χ0n) is 30.4. The molecule has 5 aromatic carbocycles. The molecule has 0 spiro atoms. The first-order chi connectivity index (χ1) is 24.7. The van der Waals surface area contributed by atoms with Crippen LogP contribution in [0.25, 0.3) is 11.1 Å². The zero-order valence-corrected chi connectivity index (χ0v) is 30.4. The minimum atomic E-state index is -0.495. The van der Waals surface area contributed by atoms with Crippen LogP contribution >= 0.6 is 0 Å². The molecule has 0 aliphatic heterocycles. The lowest BCUT2D eigenvalue weighted by molar-refractivity contribution is 0.112. The topological polar surface area (TPSA) is 80.9 Å². The highest BCUT2D eigenvalue weighted by molar-refractivity contribution is 5.73. The first-order valence-electron chi connectivity index (χ1n) is 18.9. The molecular weight excluding hydrogens is 629 g/mol. The van der Waals surface area contributed by atoms with Crippen molar-refractivity contribution in [3.05, 3.63) is 148 Å². The minimum absolute atomic E-state index is 0.00949. The Morgan fingerprint density at radius 1 is 0.667 bits per heavy atom. The fraction of sp³-hybridized carbons (Fsp3) is 0.362. The van der Waals surface area contributed by atoms with Crippen molar-refractivity contribution in [2.24, 2.45) is 11.8 Å². The molecule has 0 saturated heterocycles. The number of aliphatic hydroxyl groups excluding tert-OH is 1. The van der Waals surface area contributed by atoms with Crippen LogP contribution in [0.2, 0.25) is 0 Å². The molecule has 0 heterocycles. The van der Waals surface area contributed by atoms with Crippen LogP contribution in [0.5, 0.6) is 17.2 Å². The van der Waals surface area contributed by atoms with Crippen molar-refractivity contribution in [1.82, 2.24) is 0 Å². The summed E-state index contributed by atoms with van der Waals surface area (Å²) in [6.45, 7) is 6.43. The highest BCUT2D eigenvalue weighted by atomic mass is 16.3. The molecule has 1 saturated carbocycles. The van der Waals surface area contributed by atoms with E-state index in [1.54, 1.807) is 24.3 Å². The molecule has 5 aromatic rings. The van der Waals surface area contributed by atoms with Crippen molar-refractivity contribution in [2.75, 3.05) is 0 Å². The molecule has 0 bridgehead atoms. The summed E-state index contributed by atoms with van der Waals surface area (Å²) in [6, 6.07) is 36.3. The van der Waals surface area contributed by atoms with Crippen molar-refractivity contribution in [3.8, 4) is 28.4 Å². The predicted molar refractivity (Wildman–Crippen MR) is 209 cm³/mol. The first kappa shape index (κ1) is 36.3. The molecule has 0 amide bonds. The van der Waals surface area contributed by atoms with Gasteiger partial charge in [0.05, 0.1) is 6.10 Å². The van der Waals surface area contributed by atoms with E-state index in [9.17, 15) is 20.4 Å². The van der Waals surface area contributed by atoms with Crippen molar-refractivity contribution < 1.29 is 20.4 Å². The molecule has 5 atom stereocenters. The smallest absolute Gasteiger partial charge is 0.126 e. The third-order valence-corrected chi connectivity index (χ3v) is 11.6. The number of aromatic hydroxyl groups is 3. The lowest BCUT2D eigenvalue weighted by Gasteiger charge is -2.35. The SMILES string of the molecule is Cc1cc(O)ccc1CCC(O)C(CC(C)C1CCCCCC1c1cc(Cc2ccc(O)cc2C)c(O)c(-c2ccccc2)c1)c1ccccc1. The van der Waals surface area contributed by atoms with Gasteiger partial charge in [0.2, 0.25) is 0 Å². The maximum atomic E-state index is 11.9. The lowest BCUT2D eigenvalue weighted by Crippen LogP contribution is -2.27. The molecule has 4 heteroatoms. The van der Waals surface area contributed by atoms with Crippen molar-refractivity contribution >= 4 is 0 Å². The third-order valence-electron chi connectivity index (χ3n) is 11.6. The van der Waals surface area contributed by atoms with E-state index < -0.39 is 6.10 Å². The predicted octanol–water partition coefficient (Wildman–Crippen LogP) is 11.1. The van der Waals surface area contributed by atoms with Gasteiger partial charge in [-0.25, -0.2) is 0 Å². The van der Waals surface area contributed by atoms with Crippen LogP contribution in [0.1, 0.15) is 103 Å². The highest BCUT2D eigenvalue weighted by Crippen LogP contribution is 2.47. The first-order valence-corrected chi connectivity index (χ1v) is 18.9. The number of rotatable bonds is 12. The number of hydrogen-bond donors (Lipinski definition) is 4. The Balaban J connectivity index is 1.32. The molecule has 1 aliphatic rings. The molecule has 0 aromatic heterocycles. The van der Waals surface area contributed by atoms with Gasteiger partial charge in [0.25, 0.3) is 0 Å². The molecule has 1 fully saturated rings. The molecule has 0 radical (unpaired) electrons. The summed E-state index contributed by atoms with van der Waals surface area (Å²) >= 11 is 0. The summed E-state index contributed by atoms with van der Waals surface area (Å²) in [6.07, 6.45) is 8.25. The van der Waals surface area contributed by atoms with Gasteiger partial charge in [0, 0.05) is 17.9 Å². The van der Waals surface area contributed by atoms with Crippen LogP contribution < -0.4 is 0 Å². The van der Waals surface area contributed by atoms with Gasteiger partial charge in [-0.1, -0.05) is 105 Å². The van der Waals surface area contributed by atoms with Gasteiger partial charge in [-0.3, -0.25) is 0 Å². The summed E-state index contributed by atoms with van der Waals surface area (Å²) < 4.78 is 0. The second-order valence-electron chi connectivity index (χ2n) is 15.1. The van der Waals surface area contributed by atoms with Gasteiger partial charge < -0.3 is 20.4 Å². The number of phenolic OH excluding ortho intramolecular Hbond substituents is 3. The lowest BCUT2D eigenvalue weighted by atomic mass is 9.70. The van der Waals surface area contributed by atoms with E-state index in [1.165, 1.54) is 30.4 Å². The fourth-order valence-corrected chi connectivity index (χ4v) is 8.68. The highest BCUT2D eigenvalue weighted by Gasteiger charge is 2.34. The number of hydrogen-bond acceptors (Lipinski definition) is 4. The van der Waals surface area contributed by atoms with Crippen LogP contribution in [0, 0.1) is 25.7 Å². The van der Waals surface area contributed by atoms with Gasteiger partial charge in [-0.15, -0.1) is 0 Å². The molecule has 266 valence electrons. The fourth-order valence-electron chi connectivity index (χ4n) is 8.68. The summed E-state index contributed by atoms with van der Waals surface area (Å²) in [4.78, 5) is 0. The zero-order chi connectivity index (χ0) is 35.9. The molecule has 51 heavy (non-hydrogen) atoms. The number of phenols is 3. The van der Waals surface area contributed by atoms with Gasteiger partial charge in [0.1, 0.15) is 17.2 Å². The summed E-state index contributed by atoms with van der Waals surface area (Å²) in [5, 5.41) is 43.6. The van der Waals surface area contributed by atoms with E-state index in [1.807, 2.05) is 50.2 Å². The van der Waals surface area contributed by atoms with Crippen LogP contribution in [0.3, 0.4) is 0 Å². The van der Waals surface area contributed by atoms with Crippen LogP contribution in [-0.4, -0.2) is 26.5 Å². The Labute approximate surface area is 304 Å². The summed E-state index contributed by atoms with van der Waals surface area (Å²) in [7, 11) is 0. The van der Waals surface area contributed by atoms with Crippen LogP contribution in [0.15, 0.2) is 109 Å². The van der Waals surface area contributed by atoms with E-state index in [4.69, 9.17) is 0 Å². The van der Waals surface area contributed by atoms with Crippen molar-refractivity contribution in [3.63, 3.8) is 0 Å². The molecule has 5 unspecified atom stereocenters. The van der Waals surface area contributed by atoms with Gasteiger partial charge in [0.15, 0.2) is 0 Å². The standard InChI is InChI=1S/C47H54O4/c1-31-25-40(48)22-19-34(31)21-24-46(50)44(35-13-7-4-8-14-35)27-33(3)42-17-11-6-12-18-43(42)38-29-39(28-37-20-23-41(49)26-32(37)2)47(51)45(30-38)36-15-9-5-10-16-36/h4-5,7-10,13-16,19-20,22-23,25-26,29-30,33,42-44,46,48-51H,6,11-12,17-18,21,24,27-28H2,1-3H3. The largest absolute Gasteiger partial charge is 0.508 e. The second kappa shape index (κ2) is 16.7. The van der Waals surface area contributed by atoms with E-state index in [-0.39, 0.29) is 17.4 Å². The molecular formula is C47H54O4. The van der Waals surface area contributed by atoms with Gasteiger partial charge in [-0.05, 0) is 139 Å². The summed E-state index contributed by atoms with van der Waals surface area (Å²) in [5.41, 5.74) is 9.58. The summed E-state index contributed by atoms with van der Waals surface area (Å²) in [5.74, 6) is 1.99. The Hall–Kier alpha value is -4.54. The van der Waals surface area contributed by atoms with E-state index >= 15 is 0 Å². The molecule has 1 aliphatic carbocycles. The third kappa shape index (κ3) is 8.86. The Morgan fingerprint density at radius 3 is 1.96 bits per heavy atom. The Bertz CT molecular complexity index is 1880. The maximum absolute atomic E-state index is 11.9. The Kier molecular flexibility index (Phi) is 11.8. The van der Waals surface area contributed by atoms with Gasteiger partial charge in [-0.2, -0.15) is 0 Å². The second-order valence-corrected chi connectivity index (χ2v) is 15.1. The number of aliphatic hydroxyl groups is 1. The van der Waals surface area contributed by atoms with E-state index in [0.717, 1.165) is 64.6 Å². The molecule has 4 N–H and O–H groups in total. The quantitative estimate of drug-likeness (QED) is 0.0988. The number of aryl methyl sites for hydroxylation is 3. The Morgan fingerprint density at radius 2 is 1.29 bits per heavy atom. The van der Waals surface area contributed by atoms with E-state index in [0.29, 0.717) is 36.3 Å². The van der Waals surface area contributed by atoms with E-state index in [2.05, 4.69) is 55.5 Å². The average molecular weight is 683 g/mol. The van der Waals surface area contributed by atoms with Crippen LogP contribution in [0.4, 0.5) is 0 Å².